The topological polar surface area (TPSA) is 50.1 Å². The van der Waals surface area contributed by atoms with Crippen LogP contribution in [0.25, 0.3) is 0 Å². The van der Waals surface area contributed by atoms with Crippen LogP contribution in [0.2, 0.25) is 0 Å². The molecule has 0 aliphatic heterocycles. The van der Waals surface area contributed by atoms with Crippen molar-refractivity contribution in [2.24, 2.45) is 7.05 Å². The first-order chi connectivity index (χ1) is 7.65. The fourth-order valence-electron chi connectivity index (χ4n) is 1.53. The lowest BCUT2D eigenvalue weighted by molar-refractivity contribution is 0.471. The van der Waals surface area contributed by atoms with Crippen LogP contribution in [-0.4, -0.2) is 14.9 Å². The van der Waals surface area contributed by atoms with Gasteiger partial charge in [-0.2, -0.15) is 5.10 Å². The van der Waals surface area contributed by atoms with E-state index in [2.05, 4.69) is 10.4 Å². The van der Waals surface area contributed by atoms with Crippen LogP contribution in [0.15, 0.2) is 30.6 Å². The minimum absolute atomic E-state index is 0.326. The maximum atomic E-state index is 9.39. The second-order valence-electron chi connectivity index (χ2n) is 3.88. The summed E-state index contributed by atoms with van der Waals surface area (Å²) in [5, 5.41) is 16.8. The average Bonchev–Trinajstić information content (AvgIpc) is 2.66. The fourth-order valence-corrected chi connectivity index (χ4v) is 1.53. The smallest absolute Gasteiger partial charge is 0.118 e. The number of hydrogen-bond acceptors (Lipinski definition) is 3. The maximum absolute atomic E-state index is 9.39. The number of aryl methyl sites for hydroxylation is 2. The number of rotatable bonds is 3. The Kier molecular flexibility index (Phi) is 2.81. The second-order valence-corrected chi connectivity index (χ2v) is 3.88. The van der Waals surface area contributed by atoms with Gasteiger partial charge in [-0.25, -0.2) is 0 Å². The van der Waals surface area contributed by atoms with Crippen LogP contribution in [0.4, 0.5) is 5.69 Å². The van der Waals surface area contributed by atoms with E-state index < -0.39 is 0 Å². The highest BCUT2D eigenvalue weighted by atomic mass is 16.3. The number of aromatic nitrogens is 2. The van der Waals surface area contributed by atoms with E-state index in [0.29, 0.717) is 5.75 Å². The lowest BCUT2D eigenvalue weighted by Crippen LogP contribution is -1.98. The summed E-state index contributed by atoms with van der Waals surface area (Å²) in [7, 11) is 1.90. The van der Waals surface area contributed by atoms with E-state index in [1.165, 1.54) is 0 Å². The van der Waals surface area contributed by atoms with Crippen molar-refractivity contribution in [1.82, 2.24) is 9.78 Å². The molecular formula is C12H15N3O. The largest absolute Gasteiger partial charge is 0.508 e. The molecular weight excluding hydrogens is 202 g/mol. The standard InChI is InChI=1S/C12H15N3O/c1-9-5-11(3-4-12(9)16)13-6-10-7-14-15(2)8-10/h3-5,7-8,13,16H,6H2,1-2H3. The number of phenolic OH excluding ortho intramolecular Hbond substituents is 1. The Morgan fingerprint density at radius 1 is 1.44 bits per heavy atom. The Labute approximate surface area is 94.5 Å². The molecule has 1 aromatic heterocycles. The van der Waals surface area contributed by atoms with E-state index in [9.17, 15) is 5.11 Å². The summed E-state index contributed by atoms with van der Waals surface area (Å²) in [6.45, 7) is 2.61. The van der Waals surface area contributed by atoms with Crippen LogP contribution in [0.5, 0.6) is 5.75 Å². The van der Waals surface area contributed by atoms with Crippen molar-refractivity contribution < 1.29 is 5.11 Å². The van der Waals surface area contributed by atoms with Crippen molar-refractivity contribution in [3.63, 3.8) is 0 Å². The summed E-state index contributed by atoms with van der Waals surface area (Å²) in [4.78, 5) is 0. The van der Waals surface area contributed by atoms with Crippen molar-refractivity contribution in [2.45, 2.75) is 13.5 Å². The average molecular weight is 217 g/mol. The maximum Gasteiger partial charge on any atom is 0.118 e. The zero-order chi connectivity index (χ0) is 11.5. The first kappa shape index (κ1) is 10.5. The molecule has 4 nitrogen and oxygen atoms in total. The Hall–Kier alpha value is -1.97. The van der Waals surface area contributed by atoms with Crippen LogP contribution in [-0.2, 0) is 13.6 Å². The Morgan fingerprint density at radius 3 is 2.88 bits per heavy atom. The number of anilines is 1. The predicted molar refractivity (Wildman–Crippen MR) is 63.4 cm³/mol. The van der Waals surface area contributed by atoms with E-state index in [1.54, 1.807) is 10.7 Å². The van der Waals surface area contributed by atoms with Gasteiger partial charge in [-0.3, -0.25) is 4.68 Å². The van der Waals surface area contributed by atoms with Gasteiger partial charge in [0.25, 0.3) is 0 Å². The van der Waals surface area contributed by atoms with Crippen molar-refractivity contribution in [3.05, 3.63) is 41.7 Å². The summed E-state index contributed by atoms with van der Waals surface area (Å²) in [6, 6.07) is 5.48. The Balaban J connectivity index is 2.02. The van der Waals surface area contributed by atoms with Gasteiger partial charge >= 0.3 is 0 Å². The summed E-state index contributed by atoms with van der Waals surface area (Å²) in [6.07, 6.45) is 3.81. The van der Waals surface area contributed by atoms with Crippen molar-refractivity contribution >= 4 is 5.69 Å². The monoisotopic (exact) mass is 217 g/mol. The van der Waals surface area contributed by atoms with Crippen molar-refractivity contribution in [3.8, 4) is 5.75 Å². The van der Waals surface area contributed by atoms with E-state index in [-0.39, 0.29) is 0 Å². The number of nitrogens with zero attached hydrogens (tertiary/aromatic N) is 2. The highest BCUT2D eigenvalue weighted by Crippen LogP contribution is 2.20. The van der Waals surface area contributed by atoms with E-state index >= 15 is 0 Å². The number of nitrogens with one attached hydrogen (secondary N) is 1. The molecule has 0 aliphatic carbocycles. The summed E-state index contributed by atoms with van der Waals surface area (Å²) in [5.41, 5.74) is 3.00. The molecule has 1 aromatic carbocycles. The summed E-state index contributed by atoms with van der Waals surface area (Å²) < 4.78 is 1.78. The predicted octanol–water partition coefficient (Wildman–Crippen LogP) is 2.05. The van der Waals surface area contributed by atoms with Crippen LogP contribution in [0.1, 0.15) is 11.1 Å². The lowest BCUT2D eigenvalue weighted by Gasteiger charge is -2.06. The molecule has 84 valence electrons. The van der Waals surface area contributed by atoms with Gasteiger partial charge in [-0.15, -0.1) is 0 Å². The highest BCUT2D eigenvalue weighted by molar-refractivity contribution is 5.50. The second kappa shape index (κ2) is 4.26. The third-order valence-electron chi connectivity index (χ3n) is 2.45. The molecule has 0 atom stereocenters. The minimum atomic E-state index is 0.326. The SMILES string of the molecule is Cc1cc(NCc2cnn(C)c2)ccc1O. The molecule has 2 N–H and O–H groups in total. The first-order valence-electron chi connectivity index (χ1n) is 5.16. The molecule has 16 heavy (non-hydrogen) atoms. The normalized spacial score (nSPS) is 10.4. The summed E-state index contributed by atoms with van der Waals surface area (Å²) in [5.74, 6) is 0.326. The molecule has 0 unspecified atom stereocenters. The molecule has 0 spiro atoms. The quantitative estimate of drug-likeness (QED) is 0.773. The molecule has 2 aromatic rings. The van der Waals surface area contributed by atoms with Gasteiger partial charge in [0.05, 0.1) is 6.20 Å². The minimum Gasteiger partial charge on any atom is -0.508 e. The van der Waals surface area contributed by atoms with Crippen LogP contribution >= 0.6 is 0 Å². The number of benzene rings is 1. The fraction of sp³-hybridized carbons (Fsp3) is 0.250. The van der Waals surface area contributed by atoms with Crippen LogP contribution in [0, 0.1) is 6.92 Å². The number of hydrogen-bond donors (Lipinski definition) is 2. The van der Waals surface area contributed by atoms with E-state index in [0.717, 1.165) is 23.4 Å². The molecule has 0 amide bonds. The molecule has 0 saturated heterocycles. The van der Waals surface area contributed by atoms with Gasteiger partial charge in [0.1, 0.15) is 5.75 Å². The van der Waals surface area contributed by atoms with Crippen molar-refractivity contribution in [2.75, 3.05) is 5.32 Å². The van der Waals surface area contributed by atoms with E-state index in [1.807, 2.05) is 38.5 Å². The highest BCUT2D eigenvalue weighted by Gasteiger charge is 1.99. The molecule has 0 saturated carbocycles. The third kappa shape index (κ3) is 2.34. The van der Waals surface area contributed by atoms with Crippen LogP contribution in [0.3, 0.4) is 0 Å². The molecule has 0 bridgehead atoms. The zero-order valence-electron chi connectivity index (χ0n) is 9.44. The van der Waals surface area contributed by atoms with Crippen LogP contribution < -0.4 is 5.32 Å². The number of aromatic hydroxyl groups is 1. The lowest BCUT2D eigenvalue weighted by atomic mass is 10.2. The molecule has 0 aliphatic rings. The molecule has 4 heteroatoms. The summed E-state index contributed by atoms with van der Waals surface area (Å²) >= 11 is 0. The third-order valence-corrected chi connectivity index (χ3v) is 2.45. The molecule has 1 heterocycles. The van der Waals surface area contributed by atoms with Gasteiger partial charge in [0.2, 0.25) is 0 Å². The first-order valence-corrected chi connectivity index (χ1v) is 5.16. The zero-order valence-corrected chi connectivity index (χ0v) is 9.44. The number of phenols is 1. The Morgan fingerprint density at radius 2 is 2.25 bits per heavy atom. The van der Waals surface area contributed by atoms with Gasteiger partial charge in [0, 0.05) is 31.0 Å². The van der Waals surface area contributed by atoms with E-state index in [4.69, 9.17) is 0 Å². The van der Waals surface area contributed by atoms with Gasteiger partial charge < -0.3 is 10.4 Å². The van der Waals surface area contributed by atoms with Gasteiger partial charge in [-0.1, -0.05) is 0 Å². The van der Waals surface area contributed by atoms with Crippen molar-refractivity contribution in [1.29, 1.82) is 0 Å². The van der Waals surface area contributed by atoms with Gasteiger partial charge in [-0.05, 0) is 30.7 Å². The Bertz CT molecular complexity index is 491. The molecule has 0 fully saturated rings. The van der Waals surface area contributed by atoms with Gasteiger partial charge in [0.15, 0.2) is 0 Å². The molecule has 2 rings (SSSR count). The molecule has 0 radical (unpaired) electrons.